The highest BCUT2D eigenvalue weighted by Crippen LogP contribution is 2.41. The molecule has 0 saturated carbocycles. The Morgan fingerprint density at radius 1 is 0.649 bits per heavy atom. The van der Waals surface area contributed by atoms with Gasteiger partial charge in [0.2, 0.25) is 0 Å². The van der Waals surface area contributed by atoms with Gasteiger partial charge in [-0.05, 0) is 72.3 Å². The van der Waals surface area contributed by atoms with E-state index < -0.39 is 32.7 Å². The third-order valence-electron chi connectivity index (χ3n) is 12.0. The van der Waals surface area contributed by atoms with Crippen molar-refractivity contribution >= 4 is 8.32 Å². The van der Waals surface area contributed by atoms with Gasteiger partial charge in [-0.15, -0.1) is 0 Å². The maximum absolute atomic E-state index is 7.38. The molecular weight excluding hydrogens is 729 g/mol. The molecule has 0 amide bonds. The number of ether oxygens (including phenoxy) is 6. The van der Waals surface area contributed by atoms with Gasteiger partial charge in [-0.2, -0.15) is 0 Å². The zero-order chi connectivity index (χ0) is 39.8. The average molecular weight is 789 g/mol. The topological polar surface area (TPSA) is 64.6 Å². The van der Waals surface area contributed by atoms with Crippen molar-refractivity contribution in [3.63, 3.8) is 0 Å². The van der Waals surface area contributed by atoms with Gasteiger partial charge in [0.25, 0.3) is 0 Å². The van der Waals surface area contributed by atoms with Crippen LogP contribution in [0.25, 0.3) is 0 Å². The Balaban J connectivity index is 1.23. The summed E-state index contributed by atoms with van der Waals surface area (Å²) >= 11 is 0. The molecular formula is C49H60O7Si. The van der Waals surface area contributed by atoms with E-state index in [0.717, 1.165) is 41.0 Å². The second-order valence-electron chi connectivity index (χ2n) is 17.2. The van der Waals surface area contributed by atoms with Crippen molar-refractivity contribution in [2.45, 2.75) is 109 Å². The molecule has 7 rings (SSSR count). The van der Waals surface area contributed by atoms with E-state index in [0.29, 0.717) is 39.6 Å². The number of hydrogen-bond donors (Lipinski definition) is 0. The molecule has 0 aromatic heterocycles. The van der Waals surface area contributed by atoms with Crippen molar-refractivity contribution in [3.05, 3.63) is 155 Å². The first kappa shape index (κ1) is 41.1. The van der Waals surface area contributed by atoms with Crippen LogP contribution in [0.15, 0.2) is 132 Å². The van der Waals surface area contributed by atoms with E-state index in [1.165, 1.54) is 16.7 Å². The Bertz CT molecular complexity index is 1940. The van der Waals surface area contributed by atoms with Crippen LogP contribution in [0.4, 0.5) is 0 Å². The van der Waals surface area contributed by atoms with Crippen molar-refractivity contribution in [3.8, 4) is 11.5 Å². The lowest BCUT2D eigenvalue weighted by atomic mass is 9.79. The number of hydrogen-bond acceptors (Lipinski definition) is 7. The van der Waals surface area contributed by atoms with Crippen molar-refractivity contribution < 1.29 is 32.8 Å². The van der Waals surface area contributed by atoms with Crippen LogP contribution in [0.5, 0.6) is 11.5 Å². The molecule has 3 aliphatic rings. The van der Waals surface area contributed by atoms with E-state index in [1.54, 1.807) is 0 Å². The highest BCUT2D eigenvalue weighted by Gasteiger charge is 2.51. The zero-order valence-electron chi connectivity index (χ0n) is 34.5. The fourth-order valence-corrected chi connectivity index (χ4v) is 8.60. The summed E-state index contributed by atoms with van der Waals surface area (Å²) in [5, 5.41) is 0.0309. The standard InChI is InChI=1S/C49H60O7Si/c1-35-22-24-40(30-41(35)28-39-23-25-42-43(29-39)51-27-26-50-42)45-47(53-32-37-18-12-8-13-19-37)48(54-33-38-20-14-9-15-21-38)46(52-31-36-16-10-7-11-17-36)44(56-45)34-55-57(5,6)49(2,3)4/h7-25,29,40,44-48H,26-28,30-34H2,1-6H3/t40?,44-,45+,46-,47+,48+/m1/s1. The van der Waals surface area contributed by atoms with E-state index in [1.807, 2.05) is 36.4 Å². The number of allylic oxidation sites excluding steroid dienone is 3. The van der Waals surface area contributed by atoms with Gasteiger partial charge in [0, 0.05) is 5.92 Å². The molecule has 302 valence electrons. The average Bonchev–Trinajstić information content (AvgIpc) is 3.22. The van der Waals surface area contributed by atoms with Crippen LogP contribution in [0.2, 0.25) is 18.1 Å². The van der Waals surface area contributed by atoms with Crippen LogP contribution in [0, 0.1) is 5.92 Å². The Hall–Kier alpha value is -4.02. The molecule has 0 bridgehead atoms. The predicted molar refractivity (Wildman–Crippen MR) is 228 cm³/mol. The minimum absolute atomic E-state index is 0.0231. The third-order valence-corrected chi connectivity index (χ3v) is 16.5. The fourth-order valence-electron chi connectivity index (χ4n) is 7.59. The van der Waals surface area contributed by atoms with Gasteiger partial charge in [0.1, 0.15) is 37.6 Å². The lowest BCUT2D eigenvalue weighted by Crippen LogP contribution is -2.63. The summed E-state index contributed by atoms with van der Waals surface area (Å²) in [6.07, 6.45) is 4.12. The van der Waals surface area contributed by atoms with Crippen molar-refractivity contribution in [1.82, 2.24) is 0 Å². The molecule has 2 heterocycles. The van der Waals surface area contributed by atoms with E-state index in [2.05, 4.69) is 126 Å². The molecule has 1 saturated heterocycles. The SMILES string of the molecule is CC1=C(Cc2ccc3c(c2)OCCO3)CC([C@@H]2O[C@H](CO[Si](C)(C)C(C)(C)C)[C@@H](OCc3ccccc3)[C@H](OCc3ccccc3)[C@H]2OCc2ccccc2)C=C1. The van der Waals surface area contributed by atoms with Crippen LogP contribution >= 0.6 is 0 Å². The molecule has 6 atom stereocenters. The molecule has 1 aliphatic carbocycles. The summed E-state index contributed by atoms with van der Waals surface area (Å²) < 4.78 is 47.3. The second kappa shape index (κ2) is 18.7. The van der Waals surface area contributed by atoms with Crippen LogP contribution in [0.1, 0.15) is 56.4 Å². The Morgan fingerprint density at radius 2 is 1.19 bits per heavy atom. The fraction of sp³-hybridized carbons (Fsp3) is 0.429. The lowest BCUT2D eigenvalue weighted by Gasteiger charge is -2.49. The summed E-state index contributed by atoms with van der Waals surface area (Å²) in [7, 11) is -2.16. The molecule has 4 aromatic carbocycles. The second-order valence-corrected chi connectivity index (χ2v) is 22.0. The predicted octanol–water partition coefficient (Wildman–Crippen LogP) is 10.4. The van der Waals surface area contributed by atoms with Gasteiger partial charge in [0.15, 0.2) is 19.8 Å². The Morgan fingerprint density at radius 3 is 1.77 bits per heavy atom. The van der Waals surface area contributed by atoms with Crippen LogP contribution in [0.3, 0.4) is 0 Å². The highest BCUT2D eigenvalue weighted by molar-refractivity contribution is 6.74. The summed E-state index contributed by atoms with van der Waals surface area (Å²) in [5.74, 6) is 1.65. The van der Waals surface area contributed by atoms with Crippen molar-refractivity contribution in [1.29, 1.82) is 0 Å². The summed E-state index contributed by atoms with van der Waals surface area (Å²) in [6, 6.07) is 37.4. The number of fused-ring (bicyclic) bond motifs is 1. The van der Waals surface area contributed by atoms with Crippen LogP contribution in [-0.2, 0) is 49.6 Å². The summed E-state index contributed by atoms with van der Waals surface area (Å²) in [6.45, 7) is 16.4. The van der Waals surface area contributed by atoms with E-state index >= 15 is 0 Å². The molecule has 4 aromatic rings. The monoisotopic (exact) mass is 788 g/mol. The largest absolute Gasteiger partial charge is 0.486 e. The number of rotatable bonds is 15. The van der Waals surface area contributed by atoms with Crippen LogP contribution in [-0.4, -0.2) is 58.7 Å². The van der Waals surface area contributed by atoms with Gasteiger partial charge in [-0.3, -0.25) is 0 Å². The Labute approximate surface area is 341 Å². The molecule has 57 heavy (non-hydrogen) atoms. The van der Waals surface area contributed by atoms with Gasteiger partial charge in [-0.1, -0.05) is 141 Å². The first-order chi connectivity index (χ1) is 27.5. The van der Waals surface area contributed by atoms with Gasteiger partial charge < -0.3 is 32.8 Å². The Kier molecular flexibility index (Phi) is 13.5. The summed E-state index contributed by atoms with van der Waals surface area (Å²) in [4.78, 5) is 0. The highest BCUT2D eigenvalue weighted by atomic mass is 28.4. The molecule has 1 fully saturated rings. The van der Waals surface area contributed by atoms with E-state index in [4.69, 9.17) is 32.8 Å². The minimum atomic E-state index is -2.16. The van der Waals surface area contributed by atoms with Crippen molar-refractivity contribution in [2.75, 3.05) is 19.8 Å². The smallest absolute Gasteiger partial charge is 0.192 e. The first-order valence-corrected chi connectivity index (χ1v) is 23.5. The molecule has 0 N–H and O–H groups in total. The van der Waals surface area contributed by atoms with Crippen LogP contribution < -0.4 is 9.47 Å². The van der Waals surface area contributed by atoms with Crippen molar-refractivity contribution in [2.24, 2.45) is 5.92 Å². The maximum atomic E-state index is 7.38. The quantitative estimate of drug-likeness (QED) is 0.111. The number of benzene rings is 4. The van der Waals surface area contributed by atoms with Gasteiger partial charge in [0.05, 0.1) is 32.5 Å². The molecule has 8 heteroatoms. The normalized spacial score (nSPS) is 23.8. The van der Waals surface area contributed by atoms with Gasteiger partial charge in [-0.25, -0.2) is 0 Å². The van der Waals surface area contributed by atoms with E-state index in [9.17, 15) is 0 Å². The summed E-state index contributed by atoms with van der Waals surface area (Å²) in [5.41, 5.74) is 7.11. The molecule has 0 radical (unpaired) electrons. The molecule has 1 unspecified atom stereocenters. The first-order valence-electron chi connectivity index (χ1n) is 20.6. The molecule has 7 nitrogen and oxygen atoms in total. The molecule has 0 spiro atoms. The van der Waals surface area contributed by atoms with E-state index in [-0.39, 0.29) is 17.1 Å². The lowest BCUT2D eigenvalue weighted by molar-refractivity contribution is -0.275. The third kappa shape index (κ3) is 10.5. The zero-order valence-corrected chi connectivity index (χ0v) is 35.5. The minimum Gasteiger partial charge on any atom is -0.486 e. The van der Waals surface area contributed by atoms with Gasteiger partial charge >= 0.3 is 0 Å². The maximum Gasteiger partial charge on any atom is 0.192 e. The molecule has 2 aliphatic heterocycles.